The third-order valence-electron chi connectivity index (χ3n) is 3.22. The van der Waals surface area contributed by atoms with E-state index in [9.17, 15) is 9.59 Å². The lowest BCUT2D eigenvalue weighted by molar-refractivity contribution is 0.0476. The minimum Gasteiger partial charge on any atom is -0.454 e. The Hall–Kier alpha value is -2.73. The molecule has 0 saturated carbocycles. The minimum atomic E-state index is -0.515. The van der Waals surface area contributed by atoms with Crippen LogP contribution in [0.3, 0.4) is 0 Å². The highest BCUT2D eigenvalue weighted by Crippen LogP contribution is 2.16. The first-order valence-electron chi connectivity index (χ1n) is 7.00. The first-order valence-corrected chi connectivity index (χ1v) is 7.82. The number of carbonyl (C=O) groups is 2. The predicted octanol–water partition coefficient (Wildman–Crippen LogP) is 3.28. The van der Waals surface area contributed by atoms with Crippen molar-refractivity contribution in [3.05, 3.63) is 70.2 Å². The van der Waals surface area contributed by atoms with Crippen LogP contribution in [-0.2, 0) is 4.74 Å². The number of hydrogen-bond donors (Lipinski definition) is 0. The average molecular weight is 326 g/mol. The highest BCUT2D eigenvalue weighted by molar-refractivity contribution is 7.14. The molecule has 0 radical (unpaired) electrons. The Morgan fingerprint density at radius 2 is 1.96 bits per heavy atom. The number of rotatable bonds is 5. The van der Waals surface area contributed by atoms with Crippen molar-refractivity contribution < 1.29 is 14.3 Å². The average Bonchev–Trinajstić information content (AvgIpc) is 3.24. The summed E-state index contributed by atoms with van der Waals surface area (Å²) in [5.74, 6) is -0.705. The third kappa shape index (κ3) is 3.54. The highest BCUT2D eigenvalue weighted by atomic mass is 32.1. The van der Waals surface area contributed by atoms with Crippen molar-refractivity contribution in [2.24, 2.45) is 0 Å². The quantitative estimate of drug-likeness (QED) is 0.533. The van der Waals surface area contributed by atoms with E-state index < -0.39 is 5.97 Å². The lowest BCUT2D eigenvalue weighted by Crippen LogP contribution is -2.13. The van der Waals surface area contributed by atoms with Crippen molar-refractivity contribution in [1.29, 1.82) is 0 Å². The second kappa shape index (κ2) is 6.58. The number of aryl methyl sites for hydroxylation is 1. The number of esters is 1. The van der Waals surface area contributed by atoms with Crippen LogP contribution in [0, 0.1) is 6.92 Å². The zero-order valence-electron chi connectivity index (χ0n) is 12.4. The standard InChI is InChI=1S/C17H14N2O3S/c1-12-3-8-16(23-12)15(20)11-22-17(21)13-4-6-14(7-5-13)19-10-2-9-18-19/h2-10H,11H2,1H3. The van der Waals surface area contributed by atoms with Crippen molar-refractivity contribution in [3.63, 3.8) is 0 Å². The van der Waals surface area contributed by atoms with E-state index >= 15 is 0 Å². The molecule has 0 atom stereocenters. The van der Waals surface area contributed by atoms with Crippen LogP contribution in [0.4, 0.5) is 0 Å². The number of thiophene rings is 1. The van der Waals surface area contributed by atoms with Crippen LogP contribution in [0.5, 0.6) is 0 Å². The molecule has 0 aliphatic heterocycles. The maximum Gasteiger partial charge on any atom is 0.338 e. The molecule has 0 spiro atoms. The third-order valence-corrected chi connectivity index (χ3v) is 4.26. The molecule has 0 fully saturated rings. The summed E-state index contributed by atoms with van der Waals surface area (Å²) in [6.45, 7) is 1.67. The van der Waals surface area contributed by atoms with E-state index in [1.54, 1.807) is 41.2 Å². The summed E-state index contributed by atoms with van der Waals surface area (Å²) in [6.07, 6.45) is 3.50. The molecular weight excluding hydrogens is 312 g/mol. The van der Waals surface area contributed by atoms with Gasteiger partial charge in [-0.15, -0.1) is 11.3 Å². The SMILES string of the molecule is Cc1ccc(C(=O)COC(=O)c2ccc(-n3cccn3)cc2)s1. The molecule has 3 aromatic rings. The molecule has 3 rings (SSSR count). The van der Waals surface area contributed by atoms with Gasteiger partial charge in [-0.3, -0.25) is 4.79 Å². The van der Waals surface area contributed by atoms with E-state index in [2.05, 4.69) is 5.10 Å². The van der Waals surface area contributed by atoms with Gasteiger partial charge >= 0.3 is 5.97 Å². The lowest BCUT2D eigenvalue weighted by atomic mass is 10.2. The normalized spacial score (nSPS) is 10.5. The fraction of sp³-hybridized carbons (Fsp3) is 0.118. The first kappa shape index (κ1) is 15.2. The Kier molecular flexibility index (Phi) is 4.34. The molecule has 23 heavy (non-hydrogen) atoms. The van der Waals surface area contributed by atoms with Crippen molar-refractivity contribution in [3.8, 4) is 5.69 Å². The van der Waals surface area contributed by atoms with Gasteiger partial charge in [0.2, 0.25) is 5.78 Å². The van der Waals surface area contributed by atoms with Crippen LogP contribution in [-0.4, -0.2) is 28.1 Å². The molecule has 0 unspecified atom stereocenters. The van der Waals surface area contributed by atoms with Gasteiger partial charge < -0.3 is 4.74 Å². The van der Waals surface area contributed by atoms with Gasteiger partial charge in [-0.25, -0.2) is 9.48 Å². The largest absolute Gasteiger partial charge is 0.454 e. The number of Topliss-reactive ketones (excluding diaryl/α,β-unsaturated/α-hetero) is 1. The van der Waals surface area contributed by atoms with Crippen molar-refractivity contribution in [1.82, 2.24) is 9.78 Å². The molecule has 1 aromatic carbocycles. The molecular formula is C17H14N2O3S. The number of benzene rings is 1. The number of nitrogens with zero attached hydrogens (tertiary/aromatic N) is 2. The minimum absolute atomic E-state index is 0.190. The number of ketones is 1. The zero-order valence-corrected chi connectivity index (χ0v) is 13.2. The molecule has 0 aliphatic rings. The number of ether oxygens (including phenoxy) is 1. The van der Waals surface area contributed by atoms with Gasteiger partial charge in [0.1, 0.15) is 0 Å². The molecule has 0 saturated heterocycles. The maximum atomic E-state index is 12.0. The number of carbonyl (C=O) groups excluding carboxylic acids is 2. The molecule has 2 heterocycles. The van der Waals surface area contributed by atoms with Gasteiger partial charge in [0, 0.05) is 17.3 Å². The van der Waals surface area contributed by atoms with Crippen LogP contribution in [0.25, 0.3) is 5.69 Å². The topological polar surface area (TPSA) is 61.2 Å². The summed E-state index contributed by atoms with van der Waals surface area (Å²) in [5.41, 5.74) is 1.24. The van der Waals surface area contributed by atoms with Crippen LogP contribution in [0.2, 0.25) is 0 Å². The molecule has 2 aromatic heterocycles. The Bertz CT molecular complexity index is 820. The van der Waals surface area contributed by atoms with E-state index in [0.717, 1.165) is 10.6 Å². The van der Waals surface area contributed by atoms with E-state index in [1.165, 1.54) is 11.3 Å². The lowest BCUT2D eigenvalue weighted by Gasteiger charge is -2.05. The number of aromatic nitrogens is 2. The summed E-state index contributed by atoms with van der Waals surface area (Å²) < 4.78 is 6.77. The Morgan fingerprint density at radius 1 is 1.17 bits per heavy atom. The maximum absolute atomic E-state index is 12.0. The van der Waals surface area contributed by atoms with Gasteiger partial charge in [0.25, 0.3) is 0 Å². The van der Waals surface area contributed by atoms with Crippen molar-refractivity contribution in [2.45, 2.75) is 6.92 Å². The molecule has 0 amide bonds. The molecule has 5 nitrogen and oxygen atoms in total. The molecule has 0 aliphatic carbocycles. The summed E-state index contributed by atoms with van der Waals surface area (Å²) in [4.78, 5) is 25.6. The zero-order chi connectivity index (χ0) is 16.2. The second-order valence-corrected chi connectivity index (χ2v) is 6.20. The molecule has 116 valence electrons. The van der Waals surface area contributed by atoms with Crippen LogP contribution in [0.15, 0.2) is 54.9 Å². The van der Waals surface area contributed by atoms with Gasteiger partial charge in [-0.1, -0.05) is 0 Å². The number of hydrogen-bond acceptors (Lipinski definition) is 5. The highest BCUT2D eigenvalue weighted by Gasteiger charge is 2.13. The Labute approximate surface area is 137 Å². The summed E-state index contributed by atoms with van der Waals surface area (Å²) in [7, 11) is 0. The van der Waals surface area contributed by atoms with Crippen LogP contribution >= 0.6 is 11.3 Å². The van der Waals surface area contributed by atoms with Crippen LogP contribution in [0.1, 0.15) is 24.9 Å². The van der Waals surface area contributed by atoms with E-state index in [4.69, 9.17) is 4.74 Å². The van der Waals surface area contributed by atoms with E-state index in [0.29, 0.717) is 10.4 Å². The van der Waals surface area contributed by atoms with Crippen molar-refractivity contribution in [2.75, 3.05) is 6.61 Å². The summed E-state index contributed by atoms with van der Waals surface area (Å²) >= 11 is 1.39. The van der Waals surface area contributed by atoms with Gasteiger partial charge in [0.15, 0.2) is 6.61 Å². The summed E-state index contributed by atoms with van der Waals surface area (Å²) in [6, 6.07) is 12.3. The van der Waals surface area contributed by atoms with Gasteiger partial charge in [-0.2, -0.15) is 5.10 Å². The van der Waals surface area contributed by atoms with Crippen LogP contribution < -0.4 is 0 Å². The fourth-order valence-corrected chi connectivity index (χ4v) is 2.83. The van der Waals surface area contributed by atoms with E-state index in [1.807, 2.05) is 25.3 Å². The predicted molar refractivity (Wildman–Crippen MR) is 87.2 cm³/mol. The molecule has 0 bridgehead atoms. The smallest absolute Gasteiger partial charge is 0.338 e. The Balaban J connectivity index is 1.61. The fourth-order valence-electron chi connectivity index (χ4n) is 2.04. The van der Waals surface area contributed by atoms with Gasteiger partial charge in [0.05, 0.1) is 16.1 Å². The molecule has 6 heteroatoms. The van der Waals surface area contributed by atoms with E-state index in [-0.39, 0.29) is 12.4 Å². The Morgan fingerprint density at radius 3 is 2.57 bits per heavy atom. The van der Waals surface area contributed by atoms with Gasteiger partial charge in [-0.05, 0) is 49.4 Å². The first-order chi connectivity index (χ1) is 11.1. The summed E-state index contributed by atoms with van der Waals surface area (Å²) in [5, 5.41) is 4.11. The van der Waals surface area contributed by atoms with Crippen molar-refractivity contribution >= 4 is 23.1 Å². The monoisotopic (exact) mass is 326 g/mol. The second-order valence-electron chi connectivity index (χ2n) is 4.91. The molecule has 0 N–H and O–H groups in total.